The van der Waals surface area contributed by atoms with Crippen LogP contribution in [0.1, 0.15) is 12.1 Å². The molecule has 0 atom stereocenters. The van der Waals surface area contributed by atoms with Crippen LogP contribution in [-0.4, -0.2) is 55.1 Å². The number of hydrogen-bond acceptors (Lipinski definition) is 5. The molecule has 106 valence electrons. The average Bonchev–Trinajstić information content (AvgIpc) is 2.91. The van der Waals surface area contributed by atoms with E-state index in [0.29, 0.717) is 6.54 Å². The summed E-state index contributed by atoms with van der Waals surface area (Å²) in [5.41, 5.74) is 6.95. The van der Waals surface area contributed by atoms with Gasteiger partial charge in [-0.1, -0.05) is 0 Å². The average molecular weight is 281 g/mol. The Morgan fingerprint density at radius 2 is 2.11 bits per heavy atom. The maximum absolute atomic E-state index is 5.73. The van der Waals surface area contributed by atoms with Gasteiger partial charge in [0.2, 0.25) is 0 Å². The van der Waals surface area contributed by atoms with E-state index in [-0.39, 0.29) is 0 Å². The molecule has 0 aliphatic heterocycles. The lowest BCUT2D eigenvalue weighted by molar-refractivity contribution is 0.401. The number of aromatic nitrogens is 2. The molecule has 0 aliphatic rings. The van der Waals surface area contributed by atoms with E-state index >= 15 is 0 Å². The van der Waals surface area contributed by atoms with E-state index in [4.69, 9.17) is 10.7 Å². The van der Waals surface area contributed by atoms with Crippen molar-refractivity contribution in [3.8, 4) is 0 Å². The summed E-state index contributed by atoms with van der Waals surface area (Å²) in [6.07, 6.45) is 4.08. The monoisotopic (exact) mass is 281 g/mol. The molecular weight excluding hydrogens is 258 g/mol. The summed E-state index contributed by atoms with van der Waals surface area (Å²) < 4.78 is 2.16. The summed E-state index contributed by atoms with van der Waals surface area (Å²) in [7, 11) is 6.32. The maximum atomic E-state index is 5.73. The molecule has 2 rings (SSSR count). The SMILES string of the molecule is CN(C)CCCN(C)c1nc2sccn2c1CCN. The number of imidazole rings is 1. The van der Waals surface area contributed by atoms with Crippen molar-refractivity contribution in [3.05, 3.63) is 17.3 Å². The number of rotatable bonds is 7. The minimum Gasteiger partial charge on any atom is -0.358 e. The molecule has 0 unspecified atom stereocenters. The molecule has 0 saturated carbocycles. The van der Waals surface area contributed by atoms with Crippen LogP contribution in [-0.2, 0) is 6.42 Å². The minimum atomic E-state index is 0.655. The Hall–Kier alpha value is -1.11. The van der Waals surface area contributed by atoms with Crippen molar-refractivity contribution < 1.29 is 0 Å². The Kier molecular flexibility index (Phi) is 4.79. The lowest BCUT2D eigenvalue weighted by atomic mass is 10.3. The Morgan fingerprint density at radius 1 is 1.32 bits per heavy atom. The molecule has 0 saturated heterocycles. The fraction of sp³-hybridized carbons (Fsp3) is 0.615. The molecule has 2 N–H and O–H groups in total. The van der Waals surface area contributed by atoms with Gasteiger partial charge in [0.25, 0.3) is 0 Å². The third-order valence-corrected chi connectivity index (χ3v) is 3.94. The van der Waals surface area contributed by atoms with Crippen LogP contribution in [0.4, 0.5) is 5.82 Å². The van der Waals surface area contributed by atoms with Crippen molar-refractivity contribution in [1.82, 2.24) is 14.3 Å². The second kappa shape index (κ2) is 6.36. The van der Waals surface area contributed by atoms with Gasteiger partial charge in [0.05, 0.1) is 5.69 Å². The Labute approximate surface area is 118 Å². The Balaban J connectivity index is 2.13. The summed E-state index contributed by atoms with van der Waals surface area (Å²) in [4.78, 5) is 10.2. The van der Waals surface area contributed by atoms with E-state index in [9.17, 15) is 0 Å². The van der Waals surface area contributed by atoms with Crippen LogP contribution in [0.3, 0.4) is 0 Å². The van der Waals surface area contributed by atoms with Gasteiger partial charge in [-0.3, -0.25) is 4.40 Å². The van der Waals surface area contributed by atoms with Crippen LogP contribution >= 0.6 is 11.3 Å². The second-order valence-corrected chi connectivity index (χ2v) is 5.93. The summed E-state index contributed by atoms with van der Waals surface area (Å²) in [5.74, 6) is 1.08. The van der Waals surface area contributed by atoms with Gasteiger partial charge in [-0.05, 0) is 33.6 Å². The van der Waals surface area contributed by atoms with E-state index in [1.54, 1.807) is 11.3 Å². The number of fused-ring (bicyclic) bond motifs is 1. The highest BCUT2D eigenvalue weighted by atomic mass is 32.1. The van der Waals surface area contributed by atoms with E-state index in [2.05, 4.69) is 46.9 Å². The van der Waals surface area contributed by atoms with Gasteiger partial charge < -0.3 is 15.5 Å². The van der Waals surface area contributed by atoms with Crippen LogP contribution in [0, 0.1) is 0 Å². The normalized spacial score (nSPS) is 11.6. The smallest absolute Gasteiger partial charge is 0.195 e. The molecule has 0 bridgehead atoms. The number of anilines is 1. The largest absolute Gasteiger partial charge is 0.358 e. The van der Waals surface area contributed by atoms with E-state index in [1.807, 2.05) is 0 Å². The van der Waals surface area contributed by atoms with Gasteiger partial charge in [-0.15, -0.1) is 11.3 Å². The molecule has 19 heavy (non-hydrogen) atoms. The van der Waals surface area contributed by atoms with Gasteiger partial charge in [-0.25, -0.2) is 4.98 Å². The molecule has 2 aromatic rings. The highest BCUT2D eigenvalue weighted by Crippen LogP contribution is 2.24. The molecule has 0 fully saturated rings. The molecule has 6 heteroatoms. The third kappa shape index (κ3) is 3.26. The van der Waals surface area contributed by atoms with Crippen molar-refractivity contribution in [2.75, 3.05) is 45.7 Å². The Morgan fingerprint density at radius 3 is 2.79 bits per heavy atom. The second-order valence-electron chi connectivity index (χ2n) is 5.05. The molecule has 0 spiro atoms. The summed E-state index contributed by atoms with van der Waals surface area (Å²) >= 11 is 1.67. The predicted octanol–water partition coefficient (Wildman–Crippen LogP) is 1.28. The first kappa shape index (κ1) is 14.3. The number of hydrogen-bond donors (Lipinski definition) is 1. The van der Waals surface area contributed by atoms with Crippen molar-refractivity contribution in [2.24, 2.45) is 5.73 Å². The van der Waals surface area contributed by atoms with Gasteiger partial charge in [0.15, 0.2) is 10.8 Å². The molecule has 5 nitrogen and oxygen atoms in total. The van der Waals surface area contributed by atoms with E-state index in [1.165, 1.54) is 5.69 Å². The van der Waals surface area contributed by atoms with Crippen LogP contribution in [0.15, 0.2) is 11.6 Å². The summed E-state index contributed by atoms with van der Waals surface area (Å²) in [6, 6.07) is 0. The highest BCUT2D eigenvalue weighted by Gasteiger charge is 2.15. The lowest BCUT2D eigenvalue weighted by Gasteiger charge is -2.19. The third-order valence-electron chi connectivity index (χ3n) is 3.18. The number of nitrogens with two attached hydrogens (primary N) is 1. The standard InChI is InChI=1S/C13H23N5S/c1-16(2)7-4-8-17(3)12-11(5-6-14)18-9-10-19-13(18)15-12/h9-10H,4-8,14H2,1-3H3. The zero-order chi connectivity index (χ0) is 13.8. The van der Waals surface area contributed by atoms with E-state index in [0.717, 1.165) is 36.7 Å². The predicted molar refractivity (Wildman–Crippen MR) is 82.3 cm³/mol. The maximum Gasteiger partial charge on any atom is 0.195 e. The van der Waals surface area contributed by atoms with Crippen molar-refractivity contribution in [3.63, 3.8) is 0 Å². The fourth-order valence-electron chi connectivity index (χ4n) is 2.23. The fourth-order valence-corrected chi connectivity index (χ4v) is 2.95. The Bertz CT molecular complexity index is 516. The van der Waals surface area contributed by atoms with Crippen molar-refractivity contribution in [2.45, 2.75) is 12.8 Å². The first-order valence-electron chi connectivity index (χ1n) is 6.64. The first-order valence-corrected chi connectivity index (χ1v) is 7.51. The topological polar surface area (TPSA) is 49.8 Å². The highest BCUT2D eigenvalue weighted by molar-refractivity contribution is 7.15. The van der Waals surface area contributed by atoms with Crippen molar-refractivity contribution >= 4 is 22.1 Å². The molecular formula is C13H23N5S. The molecule has 0 aliphatic carbocycles. The van der Waals surface area contributed by atoms with Gasteiger partial charge in [-0.2, -0.15) is 0 Å². The molecule has 0 radical (unpaired) electrons. The van der Waals surface area contributed by atoms with Crippen LogP contribution < -0.4 is 10.6 Å². The molecule has 0 amide bonds. The molecule has 0 aromatic carbocycles. The summed E-state index contributed by atoms with van der Waals surface area (Å²) in [6.45, 7) is 2.77. The van der Waals surface area contributed by atoms with Crippen LogP contribution in [0.5, 0.6) is 0 Å². The first-order chi connectivity index (χ1) is 9.13. The zero-order valence-electron chi connectivity index (χ0n) is 12.0. The van der Waals surface area contributed by atoms with Gasteiger partial charge >= 0.3 is 0 Å². The zero-order valence-corrected chi connectivity index (χ0v) is 12.8. The minimum absolute atomic E-state index is 0.655. The summed E-state index contributed by atoms with van der Waals surface area (Å²) in [5, 5.41) is 2.07. The van der Waals surface area contributed by atoms with Crippen LogP contribution in [0.25, 0.3) is 4.96 Å². The van der Waals surface area contributed by atoms with Crippen molar-refractivity contribution in [1.29, 1.82) is 0 Å². The molecule has 2 aromatic heterocycles. The number of nitrogens with zero attached hydrogens (tertiary/aromatic N) is 4. The van der Waals surface area contributed by atoms with Gasteiger partial charge in [0.1, 0.15) is 0 Å². The van der Waals surface area contributed by atoms with Crippen LogP contribution in [0.2, 0.25) is 0 Å². The van der Waals surface area contributed by atoms with E-state index < -0.39 is 0 Å². The quantitative estimate of drug-likeness (QED) is 0.831. The molecule has 2 heterocycles. The number of thiazole rings is 1. The lowest BCUT2D eigenvalue weighted by Crippen LogP contribution is -2.24. The van der Waals surface area contributed by atoms with Gasteiger partial charge in [0, 0.05) is 31.6 Å².